The number of fused-ring (bicyclic) bond motifs is 3. The molecular formula is C22H20ClN9O3. The summed E-state index contributed by atoms with van der Waals surface area (Å²) in [7, 11) is 3.19. The highest BCUT2D eigenvalue weighted by Gasteiger charge is 2.23. The van der Waals surface area contributed by atoms with Crippen molar-refractivity contribution in [2.45, 2.75) is 19.9 Å². The first-order valence-corrected chi connectivity index (χ1v) is 10.9. The molecule has 2 N–H and O–H groups in total. The Bertz CT molecular complexity index is 1700. The lowest BCUT2D eigenvalue weighted by atomic mass is 10.0. The summed E-state index contributed by atoms with van der Waals surface area (Å²) in [4.78, 5) is 34.7. The van der Waals surface area contributed by atoms with Crippen LogP contribution in [0.3, 0.4) is 0 Å². The number of anilines is 1. The van der Waals surface area contributed by atoms with E-state index >= 15 is 0 Å². The highest BCUT2D eigenvalue weighted by molar-refractivity contribution is 6.29. The molecule has 1 aromatic carbocycles. The van der Waals surface area contributed by atoms with Crippen molar-refractivity contribution in [3.05, 3.63) is 62.9 Å². The molecule has 13 heteroatoms. The first-order valence-electron chi connectivity index (χ1n) is 10.6. The molecule has 178 valence electrons. The quantitative estimate of drug-likeness (QED) is 0.353. The zero-order valence-corrected chi connectivity index (χ0v) is 19.9. The van der Waals surface area contributed by atoms with E-state index in [0.717, 1.165) is 11.1 Å². The van der Waals surface area contributed by atoms with Crippen LogP contribution in [0.25, 0.3) is 28.1 Å². The molecule has 0 bridgehead atoms. The van der Waals surface area contributed by atoms with Crippen molar-refractivity contribution >= 4 is 39.8 Å². The number of carboxylic acids is 1. The number of carboxylic acid groups (broad SMARTS) is 1. The van der Waals surface area contributed by atoms with Crippen LogP contribution in [-0.4, -0.2) is 50.2 Å². The Morgan fingerprint density at radius 2 is 2.00 bits per heavy atom. The summed E-state index contributed by atoms with van der Waals surface area (Å²) in [5.74, 6) is -0.911. The standard InChI is InChI=1S/C22H20ClN9O3/c1-10-7-12(11(2)25-14-5-6-15(23)26-16(14)19-27-29-31(4)28-19)18-13(8-10)21(33)30(3)20-17(22(34)35)24-9-32(18)20/h5-9,11,25H,1-4H3,(H,34,35). The molecule has 4 heterocycles. The molecular weight excluding hydrogens is 474 g/mol. The van der Waals surface area contributed by atoms with Crippen LogP contribution in [0, 0.1) is 6.92 Å². The van der Waals surface area contributed by atoms with Gasteiger partial charge in [0, 0.05) is 7.05 Å². The second kappa shape index (κ2) is 8.17. The smallest absolute Gasteiger partial charge is 0.358 e. The molecule has 12 nitrogen and oxygen atoms in total. The number of pyridine rings is 1. The van der Waals surface area contributed by atoms with Crippen LogP contribution < -0.4 is 10.9 Å². The van der Waals surface area contributed by atoms with Gasteiger partial charge in [0.2, 0.25) is 5.82 Å². The zero-order valence-electron chi connectivity index (χ0n) is 19.2. The number of halogens is 1. The number of rotatable bonds is 5. The van der Waals surface area contributed by atoms with Crippen molar-refractivity contribution in [2.24, 2.45) is 14.1 Å². The van der Waals surface area contributed by atoms with E-state index in [0.29, 0.717) is 28.1 Å². The molecule has 0 amide bonds. The molecule has 0 aliphatic carbocycles. The van der Waals surface area contributed by atoms with Gasteiger partial charge in [0.05, 0.1) is 29.7 Å². The van der Waals surface area contributed by atoms with Crippen LogP contribution in [0.2, 0.25) is 5.15 Å². The molecule has 0 fully saturated rings. The number of carbonyl (C=O) groups is 1. The summed E-state index contributed by atoms with van der Waals surface area (Å²) in [5, 5.41) is 25.9. The average Bonchev–Trinajstić information content (AvgIpc) is 3.45. The molecule has 1 atom stereocenters. The normalized spacial score (nSPS) is 12.4. The fourth-order valence-electron chi connectivity index (χ4n) is 4.23. The topological polar surface area (TPSA) is 145 Å². The Morgan fingerprint density at radius 3 is 2.69 bits per heavy atom. The van der Waals surface area contributed by atoms with E-state index in [1.165, 1.54) is 22.7 Å². The van der Waals surface area contributed by atoms with Crippen LogP contribution in [0.1, 0.15) is 34.6 Å². The maximum Gasteiger partial charge on any atom is 0.358 e. The minimum absolute atomic E-state index is 0.198. The molecule has 4 aromatic heterocycles. The predicted molar refractivity (Wildman–Crippen MR) is 129 cm³/mol. The van der Waals surface area contributed by atoms with Crippen molar-refractivity contribution in [3.8, 4) is 11.5 Å². The third-order valence-electron chi connectivity index (χ3n) is 5.74. The van der Waals surface area contributed by atoms with Gasteiger partial charge in [-0.3, -0.25) is 13.8 Å². The molecule has 0 spiro atoms. The van der Waals surface area contributed by atoms with Crippen molar-refractivity contribution < 1.29 is 9.90 Å². The maximum absolute atomic E-state index is 13.2. The fourth-order valence-corrected chi connectivity index (χ4v) is 4.38. The monoisotopic (exact) mass is 493 g/mol. The highest BCUT2D eigenvalue weighted by atomic mass is 35.5. The Labute approximate surface area is 202 Å². The minimum Gasteiger partial charge on any atom is -0.476 e. The number of hydrogen-bond acceptors (Lipinski definition) is 8. The fraction of sp³-hybridized carbons (Fsp3) is 0.227. The van der Waals surface area contributed by atoms with Gasteiger partial charge in [0.15, 0.2) is 11.3 Å². The molecule has 1 unspecified atom stereocenters. The van der Waals surface area contributed by atoms with Crippen LogP contribution >= 0.6 is 11.6 Å². The summed E-state index contributed by atoms with van der Waals surface area (Å²) in [6.07, 6.45) is 1.42. The van der Waals surface area contributed by atoms with Crippen LogP contribution in [-0.2, 0) is 14.1 Å². The second-order valence-electron chi connectivity index (χ2n) is 8.21. The summed E-state index contributed by atoms with van der Waals surface area (Å²) < 4.78 is 2.94. The van der Waals surface area contributed by atoms with E-state index in [2.05, 4.69) is 30.7 Å². The lowest BCUT2D eigenvalue weighted by Gasteiger charge is -2.21. The molecule has 5 rings (SSSR count). The third kappa shape index (κ3) is 3.67. The number of nitrogens with one attached hydrogen (secondary N) is 1. The summed E-state index contributed by atoms with van der Waals surface area (Å²) >= 11 is 6.13. The first-order chi connectivity index (χ1) is 16.7. The van der Waals surface area contributed by atoms with Gasteiger partial charge in [-0.25, -0.2) is 14.8 Å². The zero-order chi connectivity index (χ0) is 25.0. The summed E-state index contributed by atoms with van der Waals surface area (Å²) in [5.41, 5.74) is 2.93. The van der Waals surface area contributed by atoms with Crippen LogP contribution in [0.15, 0.2) is 35.4 Å². The van der Waals surface area contributed by atoms with Gasteiger partial charge in [0.25, 0.3) is 5.56 Å². The molecule has 0 aliphatic heterocycles. The third-order valence-corrected chi connectivity index (χ3v) is 5.95. The van der Waals surface area contributed by atoms with Gasteiger partial charge < -0.3 is 10.4 Å². The summed E-state index contributed by atoms with van der Waals surface area (Å²) in [6, 6.07) is 6.80. The van der Waals surface area contributed by atoms with E-state index in [9.17, 15) is 14.7 Å². The number of nitrogens with zero attached hydrogens (tertiary/aromatic N) is 8. The second-order valence-corrected chi connectivity index (χ2v) is 8.59. The summed E-state index contributed by atoms with van der Waals surface area (Å²) in [6.45, 7) is 3.82. The maximum atomic E-state index is 13.2. The van der Waals surface area contributed by atoms with E-state index in [1.54, 1.807) is 29.6 Å². The molecule has 5 aromatic rings. The van der Waals surface area contributed by atoms with Gasteiger partial charge in [-0.1, -0.05) is 17.7 Å². The van der Waals surface area contributed by atoms with Crippen LogP contribution in [0.4, 0.5) is 5.69 Å². The van der Waals surface area contributed by atoms with Gasteiger partial charge >= 0.3 is 5.97 Å². The molecule has 0 aliphatic rings. The van der Waals surface area contributed by atoms with Crippen LogP contribution in [0.5, 0.6) is 0 Å². The number of aryl methyl sites for hydroxylation is 3. The van der Waals surface area contributed by atoms with E-state index < -0.39 is 5.97 Å². The Morgan fingerprint density at radius 1 is 1.23 bits per heavy atom. The highest BCUT2D eigenvalue weighted by Crippen LogP contribution is 2.32. The minimum atomic E-state index is -1.21. The van der Waals surface area contributed by atoms with E-state index in [1.807, 2.05) is 19.9 Å². The Balaban J connectivity index is 1.71. The van der Waals surface area contributed by atoms with E-state index in [4.69, 9.17) is 11.6 Å². The van der Waals surface area contributed by atoms with Gasteiger partial charge in [-0.2, -0.15) is 4.80 Å². The van der Waals surface area contributed by atoms with Crippen molar-refractivity contribution in [2.75, 3.05) is 5.32 Å². The lowest BCUT2D eigenvalue weighted by molar-refractivity contribution is 0.0692. The van der Waals surface area contributed by atoms with E-state index in [-0.39, 0.29) is 28.1 Å². The number of aromatic carboxylic acids is 1. The van der Waals surface area contributed by atoms with Crippen molar-refractivity contribution in [1.29, 1.82) is 0 Å². The first kappa shape index (κ1) is 22.5. The lowest BCUT2D eigenvalue weighted by Crippen LogP contribution is -2.22. The number of hydrogen-bond donors (Lipinski definition) is 2. The van der Waals surface area contributed by atoms with Gasteiger partial charge in [-0.15, -0.1) is 10.2 Å². The number of benzene rings is 1. The SMILES string of the molecule is Cc1cc(C(C)Nc2ccc(Cl)nc2-c2nnn(C)n2)c2c(c1)c(=O)n(C)c1c(C(=O)O)ncn21. The number of tetrazole rings is 1. The molecule has 0 saturated heterocycles. The molecule has 0 radical (unpaired) electrons. The predicted octanol–water partition coefficient (Wildman–Crippen LogP) is 2.60. The molecule has 0 saturated carbocycles. The van der Waals surface area contributed by atoms with Gasteiger partial charge in [-0.05, 0) is 48.4 Å². The Hall–Kier alpha value is -4.32. The largest absolute Gasteiger partial charge is 0.476 e. The average molecular weight is 494 g/mol. The molecule has 35 heavy (non-hydrogen) atoms. The van der Waals surface area contributed by atoms with Crippen molar-refractivity contribution in [3.63, 3.8) is 0 Å². The Kier molecular flexibility index (Phi) is 5.24. The van der Waals surface area contributed by atoms with Gasteiger partial charge in [0.1, 0.15) is 17.2 Å². The van der Waals surface area contributed by atoms with Crippen molar-refractivity contribution in [1.82, 2.24) is 39.1 Å². The number of imidazole rings is 1. The number of aromatic nitrogens is 8.